The van der Waals surface area contributed by atoms with Crippen molar-refractivity contribution in [3.63, 3.8) is 0 Å². The van der Waals surface area contributed by atoms with E-state index in [9.17, 15) is 0 Å². The Labute approximate surface area is 345 Å². The van der Waals surface area contributed by atoms with Gasteiger partial charge in [-0.25, -0.2) is 0 Å². The van der Waals surface area contributed by atoms with Gasteiger partial charge in [-0.2, -0.15) is 0 Å². The first kappa shape index (κ1) is 33.7. The Morgan fingerprint density at radius 3 is 1.42 bits per heavy atom. The third kappa shape index (κ3) is 5.70. The first-order valence-corrected chi connectivity index (χ1v) is 20.9. The second-order valence-electron chi connectivity index (χ2n) is 15.3. The Bertz CT molecular complexity index is 3420. The summed E-state index contributed by atoms with van der Waals surface area (Å²) in [5.41, 5.74) is 12.4. The summed E-state index contributed by atoms with van der Waals surface area (Å²) in [7, 11) is 0. The molecule has 0 spiro atoms. The molecule has 0 saturated heterocycles. The van der Waals surface area contributed by atoms with E-state index in [2.05, 4.69) is 211 Å². The highest BCUT2D eigenvalue weighted by Crippen LogP contribution is 2.46. The van der Waals surface area contributed by atoms with E-state index in [0.717, 1.165) is 28.2 Å². The molecule has 0 N–H and O–H groups in total. The van der Waals surface area contributed by atoms with Crippen molar-refractivity contribution in [1.29, 1.82) is 0 Å². The molecule has 0 aliphatic heterocycles. The van der Waals surface area contributed by atoms with Crippen molar-refractivity contribution in [2.75, 3.05) is 4.90 Å². The van der Waals surface area contributed by atoms with Crippen LogP contribution in [0.25, 0.3) is 97.0 Å². The van der Waals surface area contributed by atoms with Gasteiger partial charge in [0.25, 0.3) is 0 Å². The van der Waals surface area contributed by atoms with E-state index in [0.29, 0.717) is 0 Å². The van der Waals surface area contributed by atoms with Crippen molar-refractivity contribution in [2.24, 2.45) is 0 Å². The summed E-state index contributed by atoms with van der Waals surface area (Å²) in [5.74, 6) is 0. The molecule has 0 fully saturated rings. The Kier molecular flexibility index (Phi) is 7.75. The normalized spacial score (nSPS) is 11.7. The minimum absolute atomic E-state index is 0.930. The largest absolute Gasteiger partial charge is 0.456 e. The number of para-hydroxylation sites is 1. The fraction of sp³-hybridized carbons (Fsp3) is 0. The molecule has 2 nitrogen and oxygen atoms in total. The minimum atomic E-state index is 0.930. The number of thiophene rings is 1. The summed E-state index contributed by atoms with van der Waals surface area (Å²) in [4.78, 5) is 2.36. The van der Waals surface area contributed by atoms with E-state index >= 15 is 0 Å². The molecule has 59 heavy (non-hydrogen) atoms. The average Bonchev–Trinajstić information content (AvgIpc) is 3.88. The third-order valence-corrected chi connectivity index (χ3v) is 13.1. The van der Waals surface area contributed by atoms with Crippen molar-refractivity contribution < 1.29 is 4.42 Å². The first-order chi connectivity index (χ1) is 29.2. The minimum Gasteiger partial charge on any atom is -0.456 e. The van der Waals surface area contributed by atoms with Gasteiger partial charge in [-0.05, 0) is 122 Å². The second kappa shape index (κ2) is 13.6. The predicted octanol–water partition coefficient (Wildman–Crippen LogP) is 16.7. The Balaban J connectivity index is 0.943. The van der Waals surface area contributed by atoms with Gasteiger partial charge in [0.15, 0.2) is 0 Å². The highest BCUT2D eigenvalue weighted by atomic mass is 32.1. The molecule has 12 rings (SSSR count). The molecule has 0 unspecified atom stereocenters. The molecule has 0 aliphatic rings. The van der Waals surface area contributed by atoms with Gasteiger partial charge in [0.2, 0.25) is 0 Å². The van der Waals surface area contributed by atoms with Crippen LogP contribution in [-0.4, -0.2) is 0 Å². The summed E-state index contributed by atoms with van der Waals surface area (Å²) >= 11 is 1.87. The number of hydrogen-bond donors (Lipinski definition) is 0. The van der Waals surface area contributed by atoms with Crippen LogP contribution in [0.1, 0.15) is 0 Å². The fourth-order valence-electron chi connectivity index (χ4n) is 8.87. The maximum absolute atomic E-state index is 6.27. The summed E-state index contributed by atoms with van der Waals surface area (Å²) < 4.78 is 8.84. The molecule has 0 aliphatic carbocycles. The highest BCUT2D eigenvalue weighted by molar-refractivity contribution is 7.27. The Morgan fingerprint density at radius 1 is 0.322 bits per heavy atom. The van der Waals surface area contributed by atoms with Gasteiger partial charge in [-0.15, -0.1) is 11.3 Å². The van der Waals surface area contributed by atoms with Crippen molar-refractivity contribution in [2.45, 2.75) is 0 Å². The molecule has 0 bridgehead atoms. The molecule has 3 heteroatoms. The molecule has 10 aromatic carbocycles. The van der Waals surface area contributed by atoms with E-state index < -0.39 is 0 Å². The van der Waals surface area contributed by atoms with Gasteiger partial charge in [0.1, 0.15) is 11.2 Å². The lowest BCUT2D eigenvalue weighted by Crippen LogP contribution is -2.09. The molecule has 276 valence electrons. The van der Waals surface area contributed by atoms with Crippen LogP contribution in [0, 0.1) is 0 Å². The molecule has 0 radical (unpaired) electrons. The number of furan rings is 1. The summed E-state index contributed by atoms with van der Waals surface area (Å²) in [6.07, 6.45) is 0. The van der Waals surface area contributed by atoms with Crippen molar-refractivity contribution in [3.8, 4) is 33.4 Å². The Hall–Kier alpha value is -7.46. The number of nitrogens with zero attached hydrogens (tertiary/aromatic N) is 1. The molecule has 2 aromatic heterocycles. The maximum atomic E-state index is 6.27. The molecule has 12 aromatic rings. The summed E-state index contributed by atoms with van der Waals surface area (Å²) in [5, 5.41) is 9.92. The van der Waals surface area contributed by atoms with E-state index in [1.165, 1.54) is 85.9 Å². The zero-order valence-corrected chi connectivity index (χ0v) is 32.8. The van der Waals surface area contributed by atoms with Gasteiger partial charge in [0.05, 0.1) is 0 Å². The van der Waals surface area contributed by atoms with Crippen LogP contribution in [0.3, 0.4) is 0 Å². The maximum Gasteiger partial charge on any atom is 0.136 e. The smallest absolute Gasteiger partial charge is 0.136 e. The van der Waals surface area contributed by atoms with Crippen LogP contribution in [0.5, 0.6) is 0 Å². The summed E-state index contributed by atoms with van der Waals surface area (Å²) in [6, 6.07) is 76.9. The van der Waals surface area contributed by atoms with Gasteiger partial charge in [-0.1, -0.05) is 146 Å². The van der Waals surface area contributed by atoms with Gasteiger partial charge in [-0.3, -0.25) is 0 Å². The highest BCUT2D eigenvalue weighted by Gasteiger charge is 2.18. The Morgan fingerprint density at radius 2 is 0.814 bits per heavy atom. The van der Waals surface area contributed by atoms with Crippen LogP contribution in [0.15, 0.2) is 217 Å². The molecular formula is C56H35NOS. The van der Waals surface area contributed by atoms with Gasteiger partial charge in [0, 0.05) is 48.0 Å². The average molecular weight is 770 g/mol. The lowest BCUT2D eigenvalue weighted by molar-refractivity contribution is 0.669. The predicted molar refractivity (Wildman–Crippen MR) is 253 cm³/mol. The molecule has 0 amide bonds. The zero-order chi connectivity index (χ0) is 38.9. The topological polar surface area (TPSA) is 16.4 Å². The van der Waals surface area contributed by atoms with Crippen molar-refractivity contribution >= 4 is 92.1 Å². The number of hydrogen-bond acceptors (Lipinski definition) is 3. The molecule has 0 atom stereocenters. The van der Waals surface area contributed by atoms with Gasteiger partial charge < -0.3 is 9.32 Å². The van der Waals surface area contributed by atoms with E-state index in [-0.39, 0.29) is 0 Å². The second-order valence-corrected chi connectivity index (χ2v) is 16.3. The first-order valence-electron chi connectivity index (χ1n) is 20.1. The van der Waals surface area contributed by atoms with Crippen LogP contribution >= 0.6 is 11.3 Å². The lowest BCUT2D eigenvalue weighted by Gasteiger charge is -2.26. The lowest BCUT2D eigenvalue weighted by atomic mass is 9.99. The van der Waals surface area contributed by atoms with Crippen molar-refractivity contribution in [1.82, 2.24) is 0 Å². The molecular weight excluding hydrogens is 735 g/mol. The van der Waals surface area contributed by atoms with Crippen LogP contribution in [-0.2, 0) is 0 Å². The van der Waals surface area contributed by atoms with Crippen LogP contribution in [0.4, 0.5) is 17.1 Å². The third-order valence-electron chi connectivity index (χ3n) is 11.9. The van der Waals surface area contributed by atoms with E-state index in [1.54, 1.807) is 0 Å². The van der Waals surface area contributed by atoms with Gasteiger partial charge >= 0.3 is 0 Å². The zero-order valence-electron chi connectivity index (χ0n) is 32.0. The fourth-order valence-corrected chi connectivity index (χ4v) is 10.3. The quantitative estimate of drug-likeness (QED) is 0.167. The SMILES string of the molecule is c1ccc2cc(-c3ccc(N(c4ccc(-c5ccc6ccccc6c5)cc4)c4ccc(-c5cccc6c5sc5c6ccc6oc7ccccc7c65)cc4)cc3)ccc2c1. The number of benzene rings is 10. The summed E-state index contributed by atoms with van der Waals surface area (Å²) in [6.45, 7) is 0. The van der Waals surface area contributed by atoms with E-state index in [4.69, 9.17) is 4.42 Å². The molecule has 0 saturated carbocycles. The van der Waals surface area contributed by atoms with E-state index in [1.807, 2.05) is 17.4 Å². The number of anilines is 3. The standard InChI is InChI=1S/C56H35NOS/c1-3-10-41-34-43(18-16-36(41)8-1)38-20-26-45(27-21-38)57(46-28-22-39(23-29-46)44-19-17-37-9-2-4-11-42(37)35-44)47-30-24-40(25-31-47)48-13-7-14-49-50-32-33-53-54(56(50)59-55(48)49)51-12-5-6-15-52(51)58-53/h1-35H. The van der Waals surface area contributed by atoms with Crippen LogP contribution in [0.2, 0.25) is 0 Å². The van der Waals surface area contributed by atoms with Crippen molar-refractivity contribution in [3.05, 3.63) is 212 Å². The van der Waals surface area contributed by atoms with Crippen LogP contribution < -0.4 is 4.90 Å². The number of rotatable bonds is 6. The number of fused-ring (bicyclic) bond motifs is 9. The monoisotopic (exact) mass is 769 g/mol. The molecule has 2 heterocycles.